The number of anilines is 1. The van der Waals surface area contributed by atoms with Crippen LogP contribution in [0.25, 0.3) is 21.1 Å². The van der Waals surface area contributed by atoms with Gasteiger partial charge in [-0.2, -0.15) is 0 Å². The van der Waals surface area contributed by atoms with Crippen molar-refractivity contribution in [3.63, 3.8) is 0 Å². The molecule has 1 amide bonds. The zero-order chi connectivity index (χ0) is 23.6. The number of nitrogens with one attached hydrogen (secondary N) is 1. The quantitative estimate of drug-likeness (QED) is 0.552. The number of nitrogens with zero attached hydrogens (tertiary/aromatic N) is 2. The highest BCUT2D eigenvalue weighted by Crippen LogP contribution is 2.48. The number of methoxy groups -OCH3 is 1. The summed E-state index contributed by atoms with van der Waals surface area (Å²) in [7, 11) is 1.44. The Kier molecular flexibility index (Phi) is 5.08. The van der Waals surface area contributed by atoms with Gasteiger partial charge in [0.25, 0.3) is 0 Å². The molecule has 10 heteroatoms. The van der Waals surface area contributed by atoms with Crippen molar-refractivity contribution in [2.24, 2.45) is 0 Å². The normalized spacial score (nSPS) is 18.3. The van der Waals surface area contributed by atoms with Crippen molar-refractivity contribution in [3.8, 4) is 11.5 Å². The van der Waals surface area contributed by atoms with Crippen LogP contribution < -0.4 is 20.4 Å². The van der Waals surface area contributed by atoms with Crippen molar-refractivity contribution in [2.45, 2.75) is 45.2 Å². The molecular formula is C23H24FN3O5S. The van der Waals surface area contributed by atoms with Crippen LogP contribution in [0.15, 0.2) is 10.9 Å². The number of Topliss-reactive ketones (excluding diaryl/α,β-unsaturated/α-hetero) is 1. The molecule has 2 fully saturated rings. The molecule has 3 heterocycles. The lowest BCUT2D eigenvalue weighted by atomic mass is 10.1. The first kappa shape index (κ1) is 21.7. The highest BCUT2D eigenvalue weighted by molar-refractivity contribution is 7.21. The zero-order valence-electron chi connectivity index (χ0n) is 18.5. The summed E-state index contributed by atoms with van der Waals surface area (Å²) in [5, 5.41) is 13.7. The Morgan fingerprint density at radius 1 is 1.27 bits per heavy atom. The smallest absolute Gasteiger partial charge is 0.217 e. The highest BCUT2D eigenvalue weighted by atomic mass is 32.1. The first-order valence-electron chi connectivity index (χ1n) is 10.9. The van der Waals surface area contributed by atoms with E-state index >= 15 is 4.39 Å². The number of rotatable bonds is 5. The molecule has 5 rings (SSSR count). The number of ketones is 1. The van der Waals surface area contributed by atoms with E-state index in [0.29, 0.717) is 29.9 Å². The lowest BCUT2D eigenvalue weighted by molar-refractivity contribution is -0.119. The molecule has 1 saturated carbocycles. The minimum absolute atomic E-state index is 0.0469. The molecule has 2 aliphatic rings. The van der Waals surface area contributed by atoms with Gasteiger partial charge in [0.1, 0.15) is 20.8 Å². The minimum Gasteiger partial charge on any atom is -0.505 e. The van der Waals surface area contributed by atoms with Crippen LogP contribution in [0.3, 0.4) is 0 Å². The van der Waals surface area contributed by atoms with Gasteiger partial charge >= 0.3 is 0 Å². The van der Waals surface area contributed by atoms with Crippen LogP contribution >= 0.6 is 11.3 Å². The molecule has 2 aromatic heterocycles. The van der Waals surface area contributed by atoms with E-state index in [0.717, 1.165) is 24.2 Å². The maximum Gasteiger partial charge on any atom is 0.217 e. The van der Waals surface area contributed by atoms with E-state index in [-0.39, 0.29) is 56.6 Å². The summed E-state index contributed by atoms with van der Waals surface area (Å²) >= 11 is 1.08. The monoisotopic (exact) mass is 473 g/mol. The molecule has 33 heavy (non-hydrogen) atoms. The Bertz CT molecular complexity index is 1390. The fourth-order valence-electron chi connectivity index (χ4n) is 4.82. The molecule has 174 valence electrons. The second-order valence-electron chi connectivity index (χ2n) is 8.71. The van der Waals surface area contributed by atoms with E-state index in [9.17, 15) is 19.5 Å². The molecule has 0 unspecified atom stereocenters. The Balaban J connectivity index is 1.81. The first-order chi connectivity index (χ1) is 15.7. The summed E-state index contributed by atoms with van der Waals surface area (Å²) in [5.74, 6) is -1.18. The van der Waals surface area contributed by atoms with Crippen LogP contribution in [-0.4, -0.2) is 47.6 Å². The summed E-state index contributed by atoms with van der Waals surface area (Å²) in [5.41, 5.74) is 0.186. The molecule has 3 aromatic rings. The van der Waals surface area contributed by atoms with Gasteiger partial charge in [-0.15, -0.1) is 11.3 Å². The highest BCUT2D eigenvalue weighted by Gasteiger charge is 2.35. The van der Waals surface area contributed by atoms with Crippen molar-refractivity contribution >= 4 is 49.8 Å². The summed E-state index contributed by atoms with van der Waals surface area (Å²) in [6.07, 6.45) is 2.39. The molecule has 0 spiro atoms. The maximum atomic E-state index is 15.5. The third kappa shape index (κ3) is 3.35. The van der Waals surface area contributed by atoms with Gasteiger partial charge in [0.05, 0.1) is 18.0 Å². The van der Waals surface area contributed by atoms with Crippen molar-refractivity contribution in [1.29, 1.82) is 0 Å². The molecule has 1 aliphatic heterocycles. The number of amides is 1. The Hall–Kier alpha value is -3.14. The number of benzene rings is 1. The first-order valence-corrected chi connectivity index (χ1v) is 11.7. The predicted molar refractivity (Wildman–Crippen MR) is 124 cm³/mol. The van der Waals surface area contributed by atoms with Gasteiger partial charge in [-0.3, -0.25) is 14.4 Å². The zero-order valence-corrected chi connectivity index (χ0v) is 19.3. The van der Waals surface area contributed by atoms with Crippen LogP contribution in [0.5, 0.6) is 11.5 Å². The predicted octanol–water partition coefficient (Wildman–Crippen LogP) is 3.32. The molecule has 2 N–H and O–H groups in total. The average Bonchev–Trinajstić information content (AvgIpc) is 3.38. The molecule has 1 aliphatic carbocycles. The fourth-order valence-corrected chi connectivity index (χ4v) is 5.98. The number of fused-ring (bicyclic) bond motifs is 2. The fraction of sp³-hybridized carbons (Fsp3) is 0.435. The van der Waals surface area contributed by atoms with Crippen LogP contribution in [-0.2, 0) is 4.79 Å². The topological polar surface area (TPSA) is 101 Å². The number of halogens is 1. The van der Waals surface area contributed by atoms with Crippen molar-refractivity contribution in [2.75, 3.05) is 25.1 Å². The number of thiophene rings is 1. The number of ether oxygens (including phenoxy) is 1. The largest absolute Gasteiger partial charge is 0.505 e. The van der Waals surface area contributed by atoms with E-state index in [4.69, 9.17) is 4.74 Å². The standard InChI is InChI=1S/C23H24FN3O5S/c1-10(28)22-20(31)16-19(30)14-8-15(24)18(26-7-6-12(9-26)25-11(2)29)21(32-3)17(14)27(13-4-5-13)23(16)33-22/h8,12-13,31H,4-7,9H2,1-3H3,(H,25,29)/t12-/m0/s1. The van der Waals surface area contributed by atoms with Crippen molar-refractivity contribution < 1.29 is 23.8 Å². The minimum atomic E-state index is -0.608. The van der Waals surface area contributed by atoms with Gasteiger partial charge in [0.15, 0.2) is 23.1 Å². The third-order valence-electron chi connectivity index (χ3n) is 6.33. The molecule has 0 radical (unpaired) electrons. The van der Waals surface area contributed by atoms with E-state index < -0.39 is 11.2 Å². The molecular weight excluding hydrogens is 449 g/mol. The van der Waals surface area contributed by atoms with Gasteiger partial charge in [-0.25, -0.2) is 4.39 Å². The molecule has 1 saturated heterocycles. The molecule has 1 atom stereocenters. The van der Waals surface area contributed by atoms with Gasteiger partial charge in [-0.05, 0) is 25.3 Å². The number of aromatic hydroxyl groups is 1. The lowest BCUT2D eigenvalue weighted by Crippen LogP contribution is -2.35. The number of carbonyl (C=O) groups excluding carboxylic acids is 2. The second kappa shape index (κ2) is 7.72. The summed E-state index contributed by atoms with van der Waals surface area (Å²) < 4.78 is 23.1. The molecule has 8 nitrogen and oxygen atoms in total. The Morgan fingerprint density at radius 2 is 2.00 bits per heavy atom. The number of hydrogen-bond acceptors (Lipinski definition) is 7. The third-order valence-corrected chi connectivity index (χ3v) is 7.61. The summed E-state index contributed by atoms with van der Waals surface area (Å²) in [6, 6.07) is 1.15. The van der Waals surface area contributed by atoms with E-state index in [1.54, 1.807) is 0 Å². The number of carbonyl (C=O) groups is 2. The second-order valence-corrected chi connectivity index (χ2v) is 9.71. The van der Waals surface area contributed by atoms with E-state index in [1.165, 1.54) is 27.0 Å². The van der Waals surface area contributed by atoms with Crippen LogP contribution in [0.1, 0.15) is 48.8 Å². The van der Waals surface area contributed by atoms with Gasteiger partial charge < -0.3 is 24.6 Å². The van der Waals surface area contributed by atoms with Gasteiger partial charge in [-0.1, -0.05) is 0 Å². The van der Waals surface area contributed by atoms with Crippen molar-refractivity contribution in [3.05, 3.63) is 27.0 Å². The van der Waals surface area contributed by atoms with Gasteiger partial charge in [0, 0.05) is 39.0 Å². The van der Waals surface area contributed by atoms with Gasteiger partial charge in [0.2, 0.25) is 11.3 Å². The van der Waals surface area contributed by atoms with Crippen molar-refractivity contribution in [1.82, 2.24) is 9.88 Å². The number of hydrogen-bond donors (Lipinski definition) is 2. The molecule has 1 aromatic carbocycles. The van der Waals surface area contributed by atoms with E-state index in [1.807, 2.05) is 9.47 Å². The Morgan fingerprint density at radius 3 is 2.61 bits per heavy atom. The van der Waals surface area contributed by atoms with Crippen LogP contribution in [0, 0.1) is 5.82 Å². The summed E-state index contributed by atoms with van der Waals surface area (Å²) in [4.78, 5) is 39.4. The SMILES string of the molecule is COc1c(N2CC[C@H](NC(C)=O)C2)c(F)cc2c(=O)c3c(O)c(C(C)=O)sc3n(C3CC3)c12. The van der Waals surface area contributed by atoms with Crippen LogP contribution in [0.4, 0.5) is 10.1 Å². The number of pyridine rings is 1. The maximum absolute atomic E-state index is 15.5. The lowest BCUT2D eigenvalue weighted by Gasteiger charge is -2.25. The summed E-state index contributed by atoms with van der Waals surface area (Å²) in [6.45, 7) is 3.73. The average molecular weight is 474 g/mol. The number of aromatic nitrogens is 1. The van der Waals surface area contributed by atoms with Crippen LogP contribution in [0.2, 0.25) is 0 Å². The van der Waals surface area contributed by atoms with E-state index in [2.05, 4.69) is 5.32 Å². The molecule has 0 bridgehead atoms. The Labute approximate surface area is 192 Å².